The molecule has 6 rings (SSSR count). The summed E-state index contributed by atoms with van der Waals surface area (Å²) in [6.07, 6.45) is 2.11. The number of pyridine rings is 2. The molecule has 1 aliphatic rings. The van der Waals surface area contributed by atoms with Crippen LogP contribution >= 0.6 is 0 Å². The Morgan fingerprint density at radius 1 is 1.06 bits per heavy atom. The van der Waals surface area contributed by atoms with E-state index in [9.17, 15) is 9.59 Å². The second-order valence-corrected chi connectivity index (χ2v) is 8.33. The molecule has 1 fully saturated rings. The Hall–Kier alpha value is -4.26. The van der Waals surface area contributed by atoms with Crippen LogP contribution in [-0.4, -0.2) is 21.0 Å². The van der Waals surface area contributed by atoms with Crippen molar-refractivity contribution in [3.05, 3.63) is 93.9 Å². The standard InChI is InChI=1S/C26H20N4O3/c31-22-12-17(18-8-4-5-9-20(18)28-22)14-27-25(32)19-13-21(15-10-11-15)29-26-23(19)24(30-33-26)16-6-2-1-3-7-16/h1-9,12-13,15H,10-11,14H2,(H,27,32)(H,28,31). The Morgan fingerprint density at radius 2 is 1.85 bits per heavy atom. The van der Waals surface area contributed by atoms with Crippen LogP contribution in [0.5, 0.6) is 0 Å². The first-order chi connectivity index (χ1) is 16.2. The molecule has 5 aromatic rings. The molecule has 33 heavy (non-hydrogen) atoms. The molecule has 2 N–H and O–H groups in total. The molecule has 0 spiro atoms. The fourth-order valence-electron chi connectivity index (χ4n) is 4.22. The molecule has 1 amide bonds. The first kappa shape index (κ1) is 19.4. The smallest absolute Gasteiger partial charge is 0.259 e. The van der Waals surface area contributed by atoms with Crippen LogP contribution in [0.15, 0.2) is 76.0 Å². The van der Waals surface area contributed by atoms with E-state index >= 15 is 0 Å². The molecule has 3 aromatic heterocycles. The van der Waals surface area contributed by atoms with Crippen LogP contribution in [0.4, 0.5) is 0 Å². The van der Waals surface area contributed by atoms with E-state index in [1.165, 1.54) is 6.07 Å². The van der Waals surface area contributed by atoms with Crippen LogP contribution in [0, 0.1) is 0 Å². The number of carbonyl (C=O) groups excluding carboxylic acids is 1. The minimum absolute atomic E-state index is 0.203. The zero-order chi connectivity index (χ0) is 22.4. The van der Waals surface area contributed by atoms with Gasteiger partial charge in [0.1, 0.15) is 5.69 Å². The summed E-state index contributed by atoms with van der Waals surface area (Å²) >= 11 is 0. The molecular weight excluding hydrogens is 416 g/mol. The van der Waals surface area contributed by atoms with E-state index in [0.29, 0.717) is 28.3 Å². The average molecular weight is 436 g/mol. The number of carbonyl (C=O) groups is 1. The first-order valence-electron chi connectivity index (χ1n) is 10.9. The maximum absolute atomic E-state index is 13.4. The molecule has 1 saturated carbocycles. The highest BCUT2D eigenvalue weighted by Crippen LogP contribution is 2.41. The highest BCUT2D eigenvalue weighted by Gasteiger charge is 2.29. The van der Waals surface area contributed by atoms with Crippen LogP contribution in [0.1, 0.15) is 40.4 Å². The quantitative estimate of drug-likeness (QED) is 0.421. The van der Waals surface area contributed by atoms with Gasteiger partial charge in [0, 0.05) is 40.7 Å². The minimum Gasteiger partial charge on any atom is -0.348 e. The van der Waals surface area contributed by atoms with Crippen molar-refractivity contribution in [2.45, 2.75) is 25.3 Å². The molecule has 0 saturated heterocycles. The van der Waals surface area contributed by atoms with Crippen molar-refractivity contribution in [1.82, 2.24) is 20.4 Å². The van der Waals surface area contributed by atoms with Crippen LogP contribution in [-0.2, 0) is 6.54 Å². The highest BCUT2D eigenvalue weighted by atomic mass is 16.5. The average Bonchev–Trinajstić information content (AvgIpc) is 3.61. The Balaban J connectivity index is 1.41. The SMILES string of the molecule is O=C(NCc1cc(=O)[nH]c2ccccc12)c1cc(C2CC2)nc2onc(-c3ccccc3)c12. The minimum atomic E-state index is -0.256. The maximum atomic E-state index is 13.4. The molecule has 0 unspecified atom stereocenters. The van der Waals surface area contributed by atoms with E-state index in [2.05, 4.69) is 20.4 Å². The number of amides is 1. The Morgan fingerprint density at radius 3 is 2.67 bits per heavy atom. The summed E-state index contributed by atoms with van der Waals surface area (Å²) in [5.74, 6) is 0.0943. The van der Waals surface area contributed by atoms with E-state index in [-0.39, 0.29) is 18.0 Å². The topological polar surface area (TPSA) is 101 Å². The van der Waals surface area contributed by atoms with Crippen molar-refractivity contribution in [3.8, 4) is 11.3 Å². The number of benzene rings is 2. The van der Waals surface area contributed by atoms with Crippen LogP contribution in [0.2, 0.25) is 0 Å². The lowest BCUT2D eigenvalue weighted by Gasteiger charge is -2.10. The summed E-state index contributed by atoms with van der Waals surface area (Å²) in [7, 11) is 0. The zero-order valence-corrected chi connectivity index (χ0v) is 17.7. The number of hydrogen-bond donors (Lipinski definition) is 2. The zero-order valence-electron chi connectivity index (χ0n) is 17.7. The molecule has 3 heterocycles. The number of para-hydroxylation sites is 1. The van der Waals surface area contributed by atoms with E-state index in [4.69, 9.17) is 4.52 Å². The van der Waals surface area contributed by atoms with Crippen molar-refractivity contribution in [3.63, 3.8) is 0 Å². The number of nitrogens with one attached hydrogen (secondary N) is 2. The lowest BCUT2D eigenvalue weighted by molar-refractivity contribution is 0.0952. The van der Waals surface area contributed by atoms with Crippen LogP contribution < -0.4 is 10.9 Å². The van der Waals surface area contributed by atoms with Crippen LogP contribution in [0.25, 0.3) is 33.3 Å². The van der Waals surface area contributed by atoms with Gasteiger partial charge in [0.25, 0.3) is 11.6 Å². The van der Waals surface area contributed by atoms with Gasteiger partial charge in [-0.05, 0) is 30.5 Å². The van der Waals surface area contributed by atoms with E-state index in [1.54, 1.807) is 0 Å². The monoisotopic (exact) mass is 436 g/mol. The number of aromatic amines is 1. The Labute approximate surface area is 188 Å². The molecule has 2 aromatic carbocycles. The third-order valence-electron chi connectivity index (χ3n) is 6.03. The summed E-state index contributed by atoms with van der Waals surface area (Å²) in [6.45, 7) is 0.220. The molecule has 0 atom stereocenters. The van der Waals surface area contributed by atoms with E-state index in [1.807, 2.05) is 60.7 Å². The fraction of sp³-hybridized carbons (Fsp3) is 0.154. The van der Waals surface area contributed by atoms with Gasteiger partial charge in [-0.15, -0.1) is 0 Å². The van der Waals surface area contributed by atoms with Gasteiger partial charge >= 0.3 is 0 Å². The highest BCUT2D eigenvalue weighted by molar-refractivity contribution is 6.09. The van der Waals surface area contributed by atoms with Gasteiger partial charge in [-0.3, -0.25) is 9.59 Å². The number of rotatable bonds is 5. The van der Waals surface area contributed by atoms with Crippen molar-refractivity contribution in [2.75, 3.05) is 0 Å². The molecule has 7 nitrogen and oxygen atoms in total. The molecule has 0 aliphatic heterocycles. The van der Waals surface area contributed by atoms with Crippen molar-refractivity contribution < 1.29 is 9.32 Å². The van der Waals surface area contributed by atoms with Crippen LogP contribution in [0.3, 0.4) is 0 Å². The van der Waals surface area contributed by atoms with Crippen molar-refractivity contribution in [2.24, 2.45) is 0 Å². The van der Waals surface area contributed by atoms with Crippen molar-refractivity contribution >= 4 is 27.9 Å². The van der Waals surface area contributed by atoms with Gasteiger partial charge in [-0.2, -0.15) is 0 Å². The predicted molar refractivity (Wildman–Crippen MR) is 125 cm³/mol. The summed E-state index contributed by atoms with van der Waals surface area (Å²) in [5, 5.41) is 8.72. The van der Waals surface area contributed by atoms with E-state index in [0.717, 1.165) is 40.6 Å². The molecule has 0 bridgehead atoms. The third kappa shape index (κ3) is 3.57. The normalized spacial score (nSPS) is 13.5. The number of aromatic nitrogens is 3. The Kier molecular flexibility index (Phi) is 4.54. The maximum Gasteiger partial charge on any atom is 0.259 e. The number of H-pyrrole nitrogens is 1. The second kappa shape index (κ2) is 7.70. The van der Waals surface area contributed by atoms with Gasteiger partial charge in [-0.25, -0.2) is 4.98 Å². The summed E-state index contributed by atoms with van der Waals surface area (Å²) < 4.78 is 5.56. The largest absolute Gasteiger partial charge is 0.348 e. The Bertz CT molecular complexity index is 1570. The van der Waals surface area contributed by atoms with Gasteiger partial charge in [0.15, 0.2) is 0 Å². The summed E-state index contributed by atoms with van der Waals surface area (Å²) in [4.78, 5) is 33.0. The number of nitrogens with zero attached hydrogens (tertiary/aromatic N) is 2. The predicted octanol–water partition coefficient (Wildman–Crippen LogP) is 4.54. The lowest BCUT2D eigenvalue weighted by atomic mass is 10.0. The number of fused-ring (bicyclic) bond motifs is 2. The van der Waals surface area contributed by atoms with E-state index < -0.39 is 0 Å². The van der Waals surface area contributed by atoms with Gasteiger partial charge in [0.05, 0.1) is 10.9 Å². The van der Waals surface area contributed by atoms with Gasteiger partial charge < -0.3 is 14.8 Å². The second-order valence-electron chi connectivity index (χ2n) is 8.33. The molecule has 162 valence electrons. The molecule has 7 heteroatoms. The molecule has 0 radical (unpaired) electrons. The molecule has 1 aliphatic carbocycles. The fourth-order valence-corrected chi connectivity index (χ4v) is 4.22. The molecular formula is C26H20N4O3. The third-order valence-corrected chi connectivity index (χ3v) is 6.03. The summed E-state index contributed by atoms with van der Waals surface area (Å²) in [5.41, 5.74) is 4.43. The summed E-state index contributed by atoms with van der Waals surface area (Å²) in [6, 6.07) is 20.5. The first-order valence-corrected chi connectivity index (χ1v) is 10.9. The van der Waals surface area contributed by atoms with Gasteiger partial charge in [-0.1, -0.05) is 53.7 Å². The lowest BCUT2D eigenvalue weighted by Crippen LogP contribution is -2.24. The van der Waals surface area contributed by atoms with Crippen molar-refractivity contribution in [1.29, 1.82) is 0 Å². The number of hydrogen-bond acceptors (Lipinski definition) is 5. The van der Waals surface area contributed by atoms with Gasteiger partial charge in [0.2, 0.25) is 5.56 Å².